The van der Waals surface area contributed by atoms with E-state index in [1.807, 2.05) is 18.2 Å². The van der Waals surface area contributed by atoms with Gasteiger partial charge in [0.15, 0.2) is 0 Å². The zero-order chi connectivity index (χ0) is 9.26. The minimum absolute atomic E-state index is 0. The lowest BCUT2D eigenvalue weighted by Crippen LogP contribution is -1.88. The Morgan fingerprint density at radius 1 is 1.36 bits per heavy atom. The van der Waals surface area contributed by atoms with E-state index in [0.29, 0.717) is 0 Å². The molecular weight excluding hydrogens is 223 g/mol. The Balaban J connectivity index is 0.000000980. The molecule has 2 rings (SSSR count). The molecule has 0 amide bonds. The zero-order valence-corrected chi connectivity index (χ0v) is 8.97. The van der Waals surface area contributed by atoms with E-state index < -0.39 is 0 Å². The van der Waals surface area contributed by atoms with Gasteiger partial charge in [-0.3, -0.25) is 0 Å². The molecule has 14 heavy (non-hydrogen) atoms. The molecule has 5 heteroatoms. The molecule has 74 valence electrons. The monoisotopic (exact) mass is 230 g/mol. The van der Waals surface area contributed by atoms with Gasteiger partial charge in [-0.25, -0.2) is 9.97 Å². The summed E-state index contributed by atoms with van der Waals surface area (Å²) in [7, 11) is 1.61. The number of benzene rings is 1. The van der Waals surface area contributed by atoms with Gasteiger partial charge in [0, 0.05) is 6.20 Å². The lowest BCUT2D eigenvalue weighted by atomic mass is 10.2. The van der Waals surface area contributed by atoms with Crippen LogP contribution in [0.25, 0.3) is 10.9 Å². The van der Waals surface area contributed by atoms with Crippen LogP contribution in [0, 0.1) is 0 Å². The third kappa shape index (κ3) is 1.89. The van der Waals surface area contributed by atoms with Crippen molar-refractivity contribution >= 4 is 34.9 Å². The molecular formula is C9H8Cl2N2O. The maximum Gasteiger partial charge on any atom is 0.222 e. The summed E-state index contributed by atoms with van der Waals surface area (Å²) in [5, 5.41) is 1.12. The van der Waals surface area contributed by atoms with E-state index in [2.05, 4.69) is 9.97 Å². The van der Waals surface area contributed by atoms with Crippen LogP contribution in [0.4, 0.5) is 0 Å². The van der Waals surface area contributed by atoms with Crippen molar-refractivity contribution in [2.45, 2.75) is 0 Å². The fourth-order valence-corrected chi connectivity index (χ4v) is 1.32. The Morgan fingerprint density at radius 2 is 2.14 bits per heavy atom. The normalized spacial score (nSPS) is 9.57. The van der Waals surface area contributed by atoms with Crippen molar-refractivity contribution in [3.05, 3.63) is 29.7 Å². The first-order valence-corrected chi connectivity index (χ1v) is 4.14. The number of nitrogens with zero attached hydrogens (tertiary/aromatic N) is 2. The standard InChI is InChI=1S/C9H7ClN2O.ClH/c1-13-8-4-2-3-7-6(8)5-11-9(10)12-7;/h2-5H,1H3;1H. The molecule has 0 unspecified atom stereocenters. The van der Waals surface area contributed by atoms with E-state index in [9.17, 15) is 0 Å². The van der Waals surface area contributed by atoms with Gasteiger partial charge in [0.1, 0.15) is 5.75 Å². The van der Waals surface area contributed by atoms with Crippen LogP contribution in [0.15, 0.2) is 24.4 Å². The van der Waals surface area contributed by atoms with Crippen molar-refractivity contribution in [2.75, 3.05) is 7.11 Å². The van der Waals surface area contributed by atoms with E-state index in [1.165, 1.54) is 0 Å². The molecule has 0 saturated heterocycles. The Kier molecular flexibility index (Phi) is 3.49. The largest absolute Gasteiger partial charge is 0.496 e. The topological polar surface area (TPSA) is 35.0 Å². The summed E-state index contributed by atoms with van der Waals surface area (Å²) in [5.41, 5.74) is 0.791. The van der Waals surface area contributed by atoms with Crippen LogP contribution >= 0.6 is 24.0 Å². The first-order valence-electron chi connectivity index (χ1n) is 3.76. The molecule has 0 bridgehead atoms. The van der Waals surface area contributed by atoms with E-state index in [1.54, 1.807) is 13.3 Å². The zero-order valence-electron chi connectivity index (χ0n) is 7.40. The molecule has 0 atom stereocenters. The lowest BCUT2D eigenvalue weighted by Gasteiger charge is -2.03. The fraction of sp³-hybridized carbons (Fsp3) is 0.111. The summed E-state index contributed by atoms with van der Waals surface area (Å²) in [6.07, 6.45) is 1.66. The van der Waals surface area contributed by atoms with Gasteiger partial charge in [-0.05, 0) is 23.7 Å². The highest BCUT2D eigenvalue weighted by molar-refractivity contribution is 6.28. The number of fused-ring (bicyclic) bond motifs is 1. The molecule has 1 aromatic heterocycles. The van der Waals surface area contributed by atoms with Gasteiger partial charge < -0.3 is 4.74 Å². The first kappa shape index (κ1) is 11.0. The van der Waals surface area contributed by atoms with Crippen molar-refractivity contribution in [1.82, 2.24) is 9.97 Å². The first-order chi connectivity index (χ1) is 6.31. The summed E-state index contributed by atoms with van der Waals surface area (Å²) in [5.74, 6) is 0.758. The highest BCUT2D eigenvalue weighted by Crippen LogP contribution is 2.23. The third-order valence-corrected chi connectivity index (χ3v) is 1.96. The fourth-order valence-electron chi connectivity index (χ4n) is 1.18. The van der Waals surface area contributed by atoms with Crippen LogP contribution in [-0.2, 0) is 0 Å². The number of aromatic nitrogens is 2. The summed E-state index contributed by atoms with van der Waals surface area (Å²) in [4.78, 5) is 7.95. The van der Waals surface area contributed by atoms with Gasteiger partial charge >= 0.3 is 0 Å². The van der Waals surface area contributed by atoms with Gasteiger partial charge in [0.05, 0.1) is 18.0 Å². The van der Waals surface area contributed by atoms with Gasteiger partial charge in [0.25, 0.3) is 0 Å². The van der Waals surface area contributed by atoms with E-state index in [0.717, 1.165) is 16.7 Å². The minimum Gasteiger partial charge on any atom is -0.496 e. The highest BCUT2D eigenvalue weighted by Gasteiger charge is 2.02. The molecule has 0 spiro atoms. The summed E-state index contributed by atoms with van der Waals surface area (Å²) in [6.45, 7) is 0. The molecule has 1 heterocycles. The van der Waals surface area contributed by atoms with Crippen LogP contribution in [0.2, 0.25) is 5.28 Å². The molecule has 0 aliphatic carbocycles. The van der Waals surface area contributed by atoms with Crippen LogP contribution in [-0.4, -0.2) is 17.1 Å². The second-order valence-corrected chi connectivity index (χ2v) is 2.87. The van der Waals surface area contributed by atoms with Gasteiger partial charge in [0.2, 0.25) is 5.28 Å². The predicted molar refractivity (Wildman–Crippen MR) is 58.3 cm³/mol. The number of hydrogen-bond acceptors (Lipinski definition) is 3. The molecule has 0 aliphatic heterocycles. The van der Waals surface area contributed by atoms with Gasteiger partial charge in [-0.2, -0.15) is 0 Å². The van der Waals surface area contributed by atoms with Gasteiger partial charge in [-0.15, -0.1) is 12.4 Å². The van der Waals surface area contributed by atoms with Gasteiger partial charge in [-0.1, -0.05) is 6.07 Å². The summed E-state index contributed by atoms with van der Waals surface area (Å²) < 4.78 is 5.14. The van der Waals surface area contributed by atoms with Crippen molar-refractivity contribution in [3.63, 3.8) is 0 Å². The summed E-state index contributed by atoms with van der Waals surface area (Å²) in [6, 6.07) is 5.59. The molecule has 0 fully saturated rings. The minimum atomic E-state index is 0. The summed E-state index contributed by atoms with van der Waals surface area (Å²) >= 11 is 5.65. The van der Waals surface area contributed by atoms with Crippen LogP contribution < -0.4 is 4.74 Å². The average molecular weight is 231 g/mol. The van der Waals surface area contributed by atoms with Crippen molar-refractivity contribution < 1.29 is 4.74 Å². The smallest absolute Gasteiger partial charge is 0.222 e. The van der Waals surface area contributed by atoms with E-state index >= 15 is 0 Å². The number of hydrogen-bond donors (Lipinski definition) is 0. The van der Waals surface area contributed by atoms with Crippen molar-refractivity contribution in [2.24, 2.45) is 0 Å². The maximum atomic E-state index is 5.65. The Labute approximate surface area is 92.5 Å². The van der Waals surface area contributed by atoms with Crippen LogP contribution in [0.1, 0.15) is 0 Å². The SMILES string of the molecule is COc1cccc2nc(Cl)ncc12.Cl. The maximum absolute atomic E-state index is 5.65. The molecule has 0 radical (unpaired) electrons. The molecule has 0 saturated carbocycles. The second kappa shape index (κ2) is 4.44. The quantitative estimate of drug-likeness (QED) is 0.707. The van der Waals surface area contributed by atoms with E-state index in [-0.39, 0.29) is 17.7 Å². The number of halogens is 2. The Bertz CT molecular complexity index is 448. The third-order valence-electron chi connectivity index (χ3n) is 1.78. The molecule has 1 aromatic carbocycles. The second-order valence-electron chi connectivity index (χ2n) is 2.53. The van der Waals surface area contributed by atoms with Crippen LogP contribution in [0.5, 0.6) is 5.75 Å². The predicted octanol–water partition coefficient (Wildman–Crippen LogP) is 2.71. The number of ether oxygens (including phenoxy) is 1. The Hall–Kier alpha value is -1.06. The highest BCUT2D eigenvalue weighted by atomic mass is 35.5. The lowest BCUT2D eigenvalue weighted by molar-refractivity contribution is 0.419. The Morgan fingerprint density at radius 3 is 2.86 bits per heavy atom. The van der Waals surface area contributed by atoms with Crippen LogP contribution in [0.3, 0.4) is 0 Å². The number of methoxy groups -OCH3 is 1. The van der Waals surface area contributed by atoms with Crippen molar-refractivity contribution in [1.29, 1.82) is 0 Å². The van der Waals surface area contributed by atoms with E-state index in [4.69, 9.17) is 16.3 Å². The molecule has 3 nitrogen and oxygen atoms in total. The average Bonchev–Trinajstić information content (AvgIpc) is 2.16. The van der Waals surface area contributed by atoms with Crippen molar-refractivity contribution in [3.8, 4) is 5.75 Å². The molecule has 2 aromatic rings. The molecule has 0 aliphatic rings. The molecule has 0 N–H and O–H groups in total. The number of rotatable bonds is 1.